The SMILES string of the molecule is COC(=O)C1CCN(c2ccc(Br)cc2)C1. The first-order valence-electron chi connectivity index (χ1n) is 5.29. The van der Waals surface area contributed by atoms with Gasteiger partial charge in [0, 0.05) is 23.2 Å². The summed E-state index contributed by atoms with van der Waals surface area (Å²) >= 11 is 3.41. The van der Waals surface area contributed by atoms with E-state index in [4.69, 9.17) is 4.74 Å². The third-order valence-corrected chi connectivity index (χ3v) is 3.44. The Morgan fingerprint density at radius 1 is 1.44 bits per heavy atom. The number of anilines is 1. The summed E-state index contributed by atoms with van der Waals surface area (Å²) in [6.07, 6.45) is 0.878. The number of carbonyl (C=O) groups is 1. The minimum absolute atomic E-state index is 0.0219. The molecule has 1 fully saturated rings. The van der Waals surface area contributed by atoms with Gasteiger partial charge >= 0.3 is 5.97 Å². The van der Waals surface area contributed by atoms with E-state index in [1.54, 1.807) is 0 Å². The number of hydrogen-bond acceptors (Lipinski definition) is 3. The smallest absolute Gasteiger partial charge is 0.310 e. The zero-order valence-corrected chi connectivity index (χ0v) is 10.7. The van der Waals surface area contributed by atoms with E-state index in [2.05, 4.69) is 33.0 Å². The predicted octanol–water partition coefficient (Wildman–Crippen LogP) is 2.45. The van der Waals surface area contributed by atoms with E-state index >= 15 is 0 Å². The molecule has 0 spiro atoms. The summed E-state index contributed by atoms with van der Waals surface area (Å²) in [5, 5.41) is 0. The third-order valence-electron chi connectivity index (χ3n) is 2.91. The van der Waals surface area contributed by atoms with Crippen LogP contribution in [-0.4, -0.2) is 26.2 Å². The average molecular weight is 284 g/mol. The highest BCUT2D eigenvalue weighted by atomic mass is 79.9. The van der Waals surface area contributed by atoms with Crippen molar-refractivity contribution < 1.29 is 9.53 Å². The number of esters is 1. The van der Waals surface area contributed by atoms with E-state index in [0.717, 1.165) is 29.7 Å². The second-order valence-corrected chi connectivity index (χ2v) is 4.85. The van der Waals surface area contributed by atoms with Gasteiger partial charge in [0.05, 0.1) is 13.0 Å². The molecule has 86 valence electrons. The molecule has 1 heterocycles. The zero-order chi connectivity index (χ0) is 11.5. The Kier molecular flexibility index (Phi) is 3.49. The zero-order valence-electron chi connectivity index (χ0n) is 9.15. The summed E-state index contributed by atoms with van der Waals surface area (Å²) in [6.45, 7) is 1.68. The first-order chi connectivity index (χ1) is 7.70. The molecule has 2 rings (SSSR count). The lowest BCUT2D eigenvalue weighted by molar-refractivity contribution is -0.144. The highest BCUT2D eigenvalue weighted by Gasteiger charge is 2.28. The van der Waals surface area contributed by atoms with Crippen LogP contribution >= 0.6 is 15.9 Å². The van der Waals surface area contributed by atoms with E-state index in [0.29, 0.717) is 0 Å². The number of ether oxygens (including phenoxy) is 1. The number of methoxy groups -OCH3 is 1. The second-order valence-electron chi connectivity index (χ2n) is 3.93. The highest BCUT2D eigenvalue weighted by Crippen LogP contribution is 2.25. The molecule has 16 heavy (non-hydrogen) atoms. The number of nitrogens with zero attached hydrogens (tertiary/aromatic N) is 1. The van der Waals surface area contributed by atoms with Crippen molar-refractivity contribution in [2.75, 3.05) is 25.1 Å². The Balaban J connectivity index is 2.03. The molecule has 3 nitrogen and oxygen atoms in total. The first-order valence-corrected chi connectivity index (χ1v) is 6.08. The van der Waals surface area contributed by atoms with Gasteiger partial charge in [-0.3, -0.25) is 4.79 Å². The molecule has 1 aromatic carbocycles. The third kappa shape index (κ3) is 2.38. The molecule has 1 aliphatic rings. The minimum Gasteiger partial charge on any atom is -0.469 e. The van der Waals surface area contributed by atoms with E-state index in [1.807, 2.05) is 12.1 Å². The van der Waals surface area contributed by atoms with Crippen LogP contribution in [0.5, 0.6) is 0 Å². The van der Waals surface area contributed by atoms with Crippen molar-refractivity contribution in [3.8, 4) is 0 Å². The molecule has 1 unspecified atom stereocenters. The predicted molar refractivity (Wildman–Crippen MR) is 66.5 cm³/mol. The van der Waals surface area contributed by atoms with Crippen LogP contribution in [-0.2, 0) is 9.53 Å². The standard InChI is InChI=1S/C12H14BrNO2/c1-16-12(15)9-6-7-14(8-9)11-4-2-10(13)3-5-11/h2-5,9H,6-8H2,1H3. The summed E-state index contributed by atoms with van der Waals surface area (Å²) in [7, 11) is 1.45. The molecule has 0 aromatic heterocycles. The van der Waals surface area contributed by atoms with Gasteiger partial charge in [-0.15, -0.1) is 0 Å². The van der Waals surface area contributed by atoms with Crippen LogP contribution in [0.2, 0.25) is 0 Å². The van der Waals surface area contributed by atoms with Crippen LogP contribution in [0.15, 0.2) is 28.7 Å². The van der Waals surface area contributed by atoms with E-state index in [9.17, 15) is 4.79 Å². The molecule has 0 bridgehead atoms. The fourth-order valence-electron chi connectivity index (χ4n) is 2.01. The second kappa shape index (κ2) is 4.87. The van der Waals surface area contributed by atoms with Crippen LogP contribution in [0.3, 0.4) is 0 Å². The molecular weight excluding hydrogens is 270 g/mol. The van der Waals surface area contributed by atoms with Crippen molar-refractivity contribution in [3.05, 3.63) is 28.7 Å². The highest BCUT2D eigenvalue weighted by molar-refractivity contribution is 9.10. The number of carbonyl (C=O) groups excluding carboxylic acids is 1. The summed E-state index contributed by atoms with van der Waals surface area (Å²) < 4.78 is 5.83. The van der Waals surface area contributed by atoms with E-state index in [-0.39, 0.29) is 11.9 Å². The van der Waals surface area contributed by atoms with Gasteiger partial charge in [0.15, 0.2) is 0 Å². The molecule has 0 radical (unpaired) electrons. The van der Waals surface area contributed by atoms with Crippen LogP contribution in [0.25, 0.3) is 0 Å². The van der Waals surface area contributed by atoms with Gasteiger partial charge in [-0.25, -0.2) is 0 Å². The molecule has 1 atom stereocenters. The van der Waals surface area contributed by atoms with Crippen molar-refractivity contribution in [2.45, 2.75) is 6.42 Å². The lowest BCUT2D eigenvalue weighted by atomic mass is 10.1. The van der Waals surface area contributed by atoms with Crippen LogP contribution in [0.4, 0.5) is 5.69 Å². The van der Waals surface area contributed by atoms with Crippen LogP contribution in [0.1, 0.15) is 6.42 Å². The van der Waals surface area contributed by atoms with Gasteiger partial charge in [-0.1, -0.05) is 15.9 Å². The summed E-state index contributed by atoms with van der Waals surface area (Å²) in [6, 6.07) is 8.15. The molecular formula is C12H14BrNO2. The van der Waals surface area contributed by atoms with Crippen molar-refractivity contribution in [2.24, 2.45) is 5.92 Å². The Bertz CT molecular complexity index is 377. The lowest BCUT2D eigenvalue weighted by Gasteiger charge is -2.18. The molecule has 0 saturated carbocycles. The number of hydrogen-bond donors (Lipinski definition) is 0. The topological polar surface area (TPSA) is 29.5 Å². The van der Waals surface area contributed by atoms with Gasteiger partial charge < -0.3 is 9.64 Å². The molecule has 1 aromatic rings. The van der Waals surface area contributed by atoms with Gasteiger partial charge in [0.1, 0.15) is 0 Å². The average Bonchev–Trinajstić information content (AvgIpc) is 2.78. The summed E-state index contributed by atoms with van der Waals surface area (Å²) in [5.74, 6) is -0.0757. The van der Waals surface area contributed by atoms with Crippen molar-refractivity contribution in [1.82, 2.24) is 0 Å². The fourth-order valence-corrected chi connectivity index (χ4v) is 2.27. The van der Waals surface area contributed by atoms with Gasteiger partial charge in [0.2, 0.25) is 0 Å². The van der Waals surface area contributed by atoms with Gasteiger partial charge in [-0.05, 0) is 30.7 Å². The Morgan fingerprint density at radius 3 is 2.75 bits per heavy atom. The van der Waals surface area contributed by atoms with Crippen molar-refractivity contribution in [3.63, 3.8) is 0 Å². The molecule has 1 aliphatic heterocycles. The Morgan fingerprint density at radius 2 is 2.12 bits per heavy atom. The number of rotatable bonds is 2. The molecule has 1 saturated heterocycles. The Labute approximate surface area is 104 Å². The number of halogens is 1. The maximum atomic E-state index is 11.4. The molecule has 0 N–H and O–H groups in total. The van der Waals surface area contributed by atoms with E-state index in [1.165, 1.54) is 7.11 Å². The van der Waals surface area contributed by atoms with Crippen LogP contribution in [0, 0.1) is 5.92 Å². The fraction of sp³-hybridized carbons (Fsp3) is 0.417. The van der Waals surface area contributed by atoms with Crippen molar-refractivity contribution >= 4 is 27.6 Å². The Hall–Kier alpha value is -1.03. The normalized spacial score (nSPS) is 19.9. The summed E-state index contributed by atoms with van der Waals surface area (Å²) in [5.41, 5.74) is 1.16. The number of benzene rings is 1. The lowest BCUT2D eigenvalue weighted by Crippen LogP contribution is -2.23. The maximum absolute atomic E-state index is 11.4. The largest absolute Gasteiger partial charge is 0.469 e. The van der Waals surface area contributed by atoms with Crippen LogP contribution < -0.4 is 4.90 Å². The van der Waals surface area contributed by atoms with Crippen molar-refractivity contribution in [1.29, 1.82) is 0 Å². The monoisotopic (exact) mass is 283 g/mol. The first kappa shape index (κ1) is 11.5. The maximum Gasteiger partial charge on any atom is 0.310 e. The molecule has 0 aliphatic carbocycles. The molecule has 0 amide bonds. The quantitative estimate of drug-likeness (QED) is 0.781. The summed E-state index contributed by atoms with van der Waals surface area (Å²) in [4.78, 5) is 13.6. The van der Waals surface area contributed by atoms with Gasteiger partial charge in [0.25, 0.3) is 0 Å². The van der Waals surface area contributed by atoms with Gasteiger partial charge in [-0.2, -0.15) is 0 Å². The molecule has 4 heteroatoms. The van der Waals surface area contributed by atoms with E-state index < -0.39 is 0 Å². The minimum atomic E-state index is -0.0976.